The largest absolute Gasteiger partial charge is 0.497 e. The third-order valence-corrected chi connectivity index (χ3v) is 7.21. The van der Waals surface area contributed by atoms with Crippen molar-refractivity contribution in [1.82, 2.24) is 9.80 Å². The van der Waals surface area contributed by atoms with Crippen LogP contribution in [0.25, 0.3) is 0 Å². The third-order valence-electron chi connectivity index (χ3n) is 5.98. The summed E-state index contributed by atoms with van der Waals surface area (Å²) in [6, 6.07) is 10.5. The summed E-state index contributed by atoms with van der Waals surface area (Å²) in [4.78, 5) is 20.0. The Bertz CT molecular complexity index is 815. The van der Waals surface area contributed by atoms with E-state index in [9.17, 15) is 4.79 Å². The van der Waals surface area contributed by atoms with E-state index >= 15 is 0 Å². The van der Waals surface area contributed by atoms with E-state index < -0.39 is 0 Å². The summed E-state index contributed by atoms with van der Waals surface area (Å²) < 4.78 is 5.24. The molecule has 1 aliphatic heterocycles. The van der Waals surface area contributed by atoms with Crippen molar-refractivity contribution < 1.29 is 9.53 Å². The summed E-state index contributed by atoms with van der Waals surface area (Å²) in [5, 5.41) is 0. The first-order chi connectivity index (χ1) is 13.6. The van der Waals surface area contributed by atoms with Crippen molar-refractivity contribution in [2.75, 3.05) is 33.3 Å². The Hall–Kier alpha value is -1.85. The normalized spacial score (nSPS) is 20.5. The van der Waals surface area contributed by atoms with Crippen molar-refractivity contribution in [3.8, 4) is 5.75 Å². The van der Waals surface area contributed by atoms with Crippen molar-refractivity contribution in [3.63, 3.8) is 0 Å². The molecule has 4 rings (SSSR count). The maximum absolute atomic E-state index is 13.1. The number of nitrogens with zero attached hydrogens (tertiary/aromatic N) is 2. The minimum absolute atomic E-state index is 0.235. The Balaban J connectivity index is 1.36. The molecule has 0 bridgehead atoms. The van der Waals surface area contributed by atoms with Crippen molar-refractivity contribution in [2.45, 2.75) is 39.2 Å². The smallest absolute Gasteiger partial charge is 0.263 e. The number of aryl methyl sites for hydroxylation is 1. The second kappa shape index (κ2) is 8.66. The lowest BCUT2D eigenvalue weighted by molar-refractivity contribution is 0.0766. The van der Waals surface area contributed by atoms with Crippen LogP contribution in [-0.4, -0.2) is 49.0 Å². The van der Waals surface area contributed by atoms with E-state index in [1.807, 2.05) is 12.1 Å². The first-order valence-corrected chi connectivity index (χ1v) is 11.2. The standard InChI is InChI=1S/C23H30N2O2S/c1-17-4-9-21-19(14-17)15-22(28-21)23(26)25-11-3-10-24(12-13-25)16-18-5-7-20(27-2)8-6-18/h5-8,15,17H,3-4,9-14,16H2,1-2H3. The zero-order chi connectivity index (χ0) is 19.5. The Morgan fingerprint density at radius 2 is 2.00 bits per heavy atom. The fraction of sp³-hybridized carbons (Fsp3) is 0.522. The molecule has 5 heteroatoms. The summed E-state index contributed by atoms with van der Waals surface area (Å²) in [6.07, 6.45) is 4.56. The van der Waals surface area contributed by atoms with Crippen LogP contribution in [0.5, 0.6) is 5.75 Å². The van der Waals surface area contributed by atoms with E-state index in [0.717, 1.165) is 68.5 Å². The van der Waals surface area contributed by atoms with E-state index in [-0.39, 0.29) is 5.91 Å². The molecular weight excluding hydrogens is 368 g/mol. The summed E-state index contributed by atoms with van der Waals surface area (Å²) in [7, 11) is 1.69. The van der Waals surface area contributed by atoms with Gasteiger partial charge >= 0.3 is 0 Å². The van der Waals surface area contributed by atoms with Gasteiger partial charge in [-0.2, -0.15) is 0 Å². The number of amides is 1. The summed E-state index contributed by atoms with van der Waals surface area (Å²) in [5.41, 5.74) is 2.71. The Morgan fingerprint density at radius 3 is 2.79 bits per heavy atom. The van der Waals surface area contributed by atoms with E-state index in [2.05, 4.69) is 34.9 Å². The van der Waals surface area contributed by atoms with E-state index in [1.54, 1.807) is 18.4 Å². The van der Waals surface area contributed by atoms with Crippen LogP contribution >= 0.6 is 11.3 Å². The highest BCUT2D eigenvalue weighted by Gasteiger charge is 2.25. The average molecular weight is 399 g/mol. The van der Waals surface area contributed by atoms with E-state index in [1.165, 1.54) is 22.4 Å². The topological polar surface area (TPSA) is 32.8 Å². The number of carbonyl (C=O) groups is 1. The zero-order valence-electron chi connectivity index (χ0n) is 16.9. The molecule has 150 valence electrons. The Morgan fingerprint density at radius 1 is 1.18 bits per heavy atom. The average Bonchev–Trinajstić information content (AvgIpc) is 2.99. The van der Waals surface area contributed by atoms with Gasteiger partial charge < -0.3 is 9.64 Å². The molecule has 1 unspecified atom stereocenters. The van der Waals surface area contributed by atoms with Gasteiger partial charge in [0.15, 0.2) is 0 Å². The van der Waals surface area contributed by atoms with Gasteiger partial charge in [0.25, 0.3) is 5.91 Å². The number of fused-ring (bicyclic) bond motifs is 1. The molecule has 0 spiro atoms. The van der Waals surface area contributed by atoms with Gasteiger partial charge in [0.2, 0.25) is 0 Å². The minimum atomic E-state index is 0.235. The molecule has 0 radical (unpaired) electrons. The quantitative estimate of drug-likeness (QED) is 0.773. The highest BCUT2D eigenvalue weighted by atomic mass is 32.1. The fourth-order valence-corrected chi connectivity index (χ4v) is 5.46. The molecule has 1 fully saturated rings. The van der Waals surface area contributed by atoms with Gasteiger partial charge in [0.05, 0.1) is 12.0 Å². The van der Waals surface area contributed by atoms with Gasteiger partial charge in [-0.3, -0.25) is 9.69 Å². The van der Waals surface area contributed by atoms with E-state index in [4.69, 9.17) is 4.74 Å². The molecule has 0 saturated carbocycles. The highest BCUT2D eigenvalue weighted by molar-refractivity contribution is 7.14. The fourth-order valence-electron chi connectivity index (χ4n) is 4.29. The molecular formula is C23H30N2O2S. The molecule has 1 saturated heterocycles. The molecule has 1 aromatic carbocycles. The van der Waals surface area contributed by atoms with Gasteiger partial charge in [-0.05, 0) is 60.9 Å². The predicted molar refractivity (Wildman–Crippen MR) is 114 cm³/mol. The Labute approximate surface area is 172 Å². The molecule has 0 N–H and O–H groups in total. The number of thiophene rings is 1. The lowest BCUT2D eigenvalue weighted by atomic mass is 9.90. The molecule has 4 nitrogen and oxygen atoms in total. The maximum atomic E-state index is 13.1. The first kappa shape index (κ1) is 19.5. The number of carbonyl (C=O) groups excluding carboxylic acids is 1. The molecule has 1 amide bonds. The van der Waals surface area contributed by atoms with E-state index in [0.29, 0.717) is 0 Å². The molecule has 1 atom stereocenters. The highest BCUT2D eigenvalue weighted by Crippen LogP contribution is 2.32. The van der Waals surface area contributed by atoms with Gasteiger partial charge in [-0.1, -0.05) is 19.1 Å². The van der Waals surface area contributed by atoms with Crippen molar-refractivity contribution in [1.29, 1.82) is 0 Å². The minimum Gasteiger partial charge on any atom is -0.497 e. The second-order valence-electron chi connectivity index (χ2n) is 8.18. The number of rotatable bonds is 4. The molecule has 1 aromatic heterocycles. The van der Waals surface area contributed by atoms with Gasteiger partial charge in [-0.25, -0.2) is 0 Å². The van der Waals surface area contributed by atoms with Gasteiger partial charge in [0.1, 0.15) is 5.75 Å². The van der Waals surface area contributed by atoms with Crippen LogP contribution in [0.2, 0.25) is 0 Å². The SMILES string of the molecule is COc1ccc(CN2CCCN(C(=O)c3cc4c(s3)CCC(C)C4)CC2)cc1. The number of hydrogen-bond donors (Lipinski definition) is 0. The second-order valence-corrected chi connectivity index (χ2v) is 9.31. The van der Waals surface area contributed by atoms with Gasteiger partial charge in [0, 0.05) is 37.6 Å². The number of benzene rings is 1. The summed E-state index contributed by atoms with van der Waals surface area (Å²) in [6.45, 7) is 6.88. The number of methoxy groups -OCH3 is 1. The summed E-state index contributed by atoms with van der Waals surface area (Å²) >= 11 is 1.74. The lowest BCUT2D eigenvalue weighted by Crippen LogP contribution is -2.34. The van der Waals surface area contributed by atoms with Crippen LogP contribution in [-0.2, 0) is 19.4 Å². The van der Waals surface area contributed by atoms with Crippen LogP contribution in [0, 0.1) is 5.92 Å². The van der Waals surface area contributed by atoms with Crippen molar-refractivity contribution >= 4 is 17.2 Å². The van der Waals surface area contributed by atoms with Crippen LogP contribution in [0.3, 0.4) is 0 Å². The molecule has 1 aliphatic carbocycles. The molecule has 2 aromatic rings. The summed E-state index contributed by atoms with van der Waals surface area (Å²) in [5.74, 6) is 1.87. The van der Waals surface area contributed by atoms with Crippen LogP contribution in [0.15, 0.2) is 30.3 Å². The van der Waals surface area contributed by atoms with Crippen molar-refractivity contribution in [3.05, 3.63) is 51.2 Å². The third kappa shape index (κ3) is 4.41. The zero-order valence-corrected chi connectivity index (χ0v) is 17.8. The number of ether oxygens (including phenoxy) is 1. The van der Waals surface area contributed by atoms with Crippen molar-refractivity contribution in [2.24, 2.45) is 5.92 Å². The molecule has 2 heterocycles. The Kier molecular flexibility index (Phi) is 6.02. The first-order valence-electron chi connectivity index (χ1n) is 10.4. The van der Waals surface area contributed by atoms with Crippen LogP contribution in [0.1, 0.15) is 45.4 Å². The predicted octanol–water partition coefficient (Wildman–Crippen LogP) is 4.23. The van der Waals surface area contributed by atoms with Crippen LogP contribution < -0.4 is 4.74 Å². The maximum Gasteiger partial charge on any atom is 0.263 e. The monoisotopic (exact) mass is 398 g/mol. The number of hydrogen-bond acceptors (Lipinski definition) is 4. The lowest BCUT2D eigenvalue weighted by Gasteiger charge is -2.21. The van der Waals surface area contributed by atoms with Crippen LogP contribution in [0.4, 0.5) is 0 Å². The molecule has 2 aliphatic rings. The van der Waals surface area contributed by atoms with Gasteiger partial charge in [-0.15, -0.1) is 11.3 Å². The molecule has 28 heavy (non-hydrogen) atoms.